The van der Waals surface area contributed by atoms with Crippen LogP contribution in [0.3, 0.4) is 0 Å². The van der Waals surface area contributed by atoms with Crippen molar-refractivity contribution in [2.24, 2.45) is 5.73 Å². The number of amides is 1. The van der Waals surface area contributed by atoms with Crippen molar-refractivity contribution in [2.45, 2.75) is 51.5 Å². The lowest BCUT2D eigenvalue weighted by Gasteiger charge is -2.27. The fraction of sp³-hybridized carbons (Fsp3) is 0.929. The van der Waals surface area contributed by atoms with Crippen LogP contribution in [-0.2, 0) is 4.79 Å². The standard InChI is InChI=1S/C14H29N3O/c1-13-7-4-3-5-11-17(13)12-8-14(18)16(2)10-6-9-15/h13H,3-12,15H2,1-2H3. The minimum atomic E-state index is 0.250. The number of likely N-dealkylation sites (tertiary alicyclic amines) is 1. The van der Waals surface area contributed by atoms with Crippen LogP contribution in [0.25, 0.3) is 0 Å². The van der Waals surface area contributed by atoms with Gasteiger partial charge in [-0.05, 0) is 39.3 Å². The zero-order chi connectivity index (χ0) is 13.4. The Morgan fingerprint density at radius 1 is 1.39 bits per heavy atom. The molecular weight excluding hydrogens is 226 g/mol. The monoisotopic (exact) mass is 255 g/mol. The minimum Gasteiger partial charge on any atom is -0.346 e. The van der Waals surface area contributed by atoms with Gasteiger partial charge in [0.25, 0.3) is 0 Å². The van der Waals surface area contributed by atoms with Crippen molar-refractivity contribution < 1.29 is 4.79 Å². The summed E-state index contributed by atoms with van der Waals surface area (Å²) in [4.78, 5) is 16.2. The van der Waals surface area contributed by atoms with E-state index in [0.29, 0.717) is 19.0 Å². The number of nitrogens with two attached hydrogens (primary N) is 1. The molecule has 0 aromatic carbocycles. The van der Waals surface area contributed by atoms with E-state index >= 15 is 0 Å². The highest BCUT2D eigenvalue weighted by Crippen LogP contribution is 2.16. The van der Waals surface area contributed by atoms with Gasteiger partial charge in [-0.25, -0.2) is 0 Å². The van der Waals surface area contributed by atoms with Crippen LogP contribution >= 0.6 is 0 Å². The predicted molar refractivity (Wildman–Crippen MR) is 75.4 cm³/mol. The van der Waals surface area contributed by atoms with Gasteiger partial charge in [0.1, 0.15) is 0 Å². The fourth-order valence-electron chi connectivity index (χ4n) is 2.55. The van der Waals surface area contributed by atoms with Crippen molar-refractivity contribution in [2.75, 3.05) is 33.2 Å². The van der Waals surface area contributed by atoms with Gasteiger partial charge in [-0.2, -0.15) is 0 Å². The summed E-state index contributed by atoms with van der Waals surface area (Å²) in [5.41, 5.74) is 5.46. The third-order valence-electron chi connectivity index (χ3n) is 3.93. The van der Waals surface area contributed by atoms with E-state index in [-0.39, 0.29) is 5.91 Å². The summed E-state index contributed by atoms with van der Waals surface area (Å²) in [6, 6.07) is 0.634. The molecule has 0 aromatic rings. The first-order valence-corrected chi connectivity index (χ1v) is 7.33. The molecular formula is C14H29N3O. The van der Waals surface area contributed by atoms with E-state index in [9.17, 15) is 4.79 Å². The molecule has 1 aliphatic heterocycles. The highest BCUT2D eigenvalue weighted by molar-refractivity contribution is 5.76. The molecule has 1 heterocycles. The molecule has 1 aliphatic rings. The second-order valence-corrected chi connectivity index (χ2v) is 5.44. The molecule has 1 unspecified atom stereocenters. The molecule has 0 bridgehead atoms. The molecule has 1 rings (SSSR count). The quantitative estimate of drug-likeness (QED) is 0.781. The topological polar surface area (TPSA) is 49.6 Å². The number of hydrogen-bond donors (Lipinski definition) is 1. The molecule has 2 N–H and O–H groups in total. The average Bonchev–Trinajstić information content (AvgIpc) is 2.57. The Hall–Kier alpha value is -0.610. The lowest BCUT2D eigenvalue weighted by molar-refractivity contribution is -0.130. The molecule has 4 nitrogen and oxygen atoms in total. The van der Waals surface area contributed by atoms with Crippen LogP contribution in [-0.4, -0.2) is 55.0 Å². The Kier molecular flexibility index (Phi) is 7.28. The molecule has 106 valence electrons. The molecule has 0 saturated carbocycles. The van der Waals surface area contributed by atoms with E-state index < -0.39 is 0 Å². The van der Waals surface area contributed by atoms with Gasteiger partial charge in [0.2, 0.25) is 5.91 Å². The Balaban J connectivity index is 2.27. The minimum absolute atomic E-state index is 0.250. The smallest absolute Gasteiger partial charge is 0.223 e. The Morgan fingerprint density at radius 2 is 2.17 bits per heavy atom. The van der Waals surface area contributed by atoms with Crippen LogP contribution in [0.5, 0.6) is 0 Å². The summed E-state index contributed by atoms with van der Waals surface area (Å²) < 4.78 is 0. The maximum absolute atomic E-state index is 11.9. The van der Waals surface area contributed by atoms with Gasteiger partial charge < -0.3 is 15.5 Å². The SMILES string of the molecule is CC1CCCCCN1CCC(=O)N(C)CCCN. The van der Waals surface area contributed by atoms with Gasteiger partial charge in [-0.3, -0.25) is 4.79 Å². The number of nitrogens with zero attached hydrogens (tertiary/aromatic N) is 2. The Labute approximate surface area is 111 Å². The van der Waals surface area contributed by atoms with Crippen LogP contribution in [0, 0.1) is 0 Å². The third kappa shape index (κ3) is 5.36. The van der Waals surface area contributed by atoms with Crippen molar-refractivity contribution in [1.29, 1.82) is 0 Å². The van der Waals surface area contributed by atoms with Gasteiger partial charge in [-0.15, -0.1) is 0 Å². The summed E-state index contributed by atoms with van der Waals surface area (Å²) in [6.45, 7) is 5.79. The zero-order valence-corrected chi connectivity index (χ0v) is 12.0. The van der Waals surface area contributed by atoms with Crippen molar-refractivity contribution in [1.82, 2.24) is 9.80 Å². The van der Waals surface area contributed by atoms with Crippen LogP contribution in [0.1, 0.15) is 45.4 Å². The van der Waals surface area contributed by atoms with E-state index in [0.717, 1.165) is 26.1 Å². The van der Waals surface area contributed by atoms with Crippen LogP contribution in [0.4, 0.5) is 0 Å². The van der Waals surface area contributed by atoms with E-state index in [1.165, 1.54) is 25.7 Å². The molecule has 0 aliphatic carbocycles. The van der Waals surface area contributed by atoms with E-state index in [4.69, 9.17) is 5.73 Å². The molecule has 0 spiro atoms. The fourth-order valence-corrected chi connectivity index (χ4v) is 2.55. The van der Waals surface area contributed by atoms with Gasteiger partial charge in [0, 0.05) is 32.6 Å². The van der Waals surface area contributed by atoms with Gasteiger partial charge in [0.15, 0.2) is 0 Å². The van der Waals surface area contributed by atoms with E-state index in [1.54, 1.807) is 0 Å². The first kappa shape index (κ1) is 15.4. The van der Waals surface area contributed by atoms with Gasteiger partial charge in [0.05, 0.1) is 0 Å². The van der Waals surface area contributed by atoms with Gasteiger partial charge >= 0.3 is 0 Å². The maximum Gasteiger partial charge on any atom is 0.223 e. The van der Waals surface area contributed by atoms with Crippen molar-refractivity contribution in [3.63, 3.8) is 0 Å². The number of carbonyl (C=O) groups excluding carboxylic acids is 1. The van der Waals surface area contributed by atoms with Crippen molar-refractivity contribution in [3.05, 3.63) is 0 Å². The van der Waals surface area contributed by atoms with Crippen LogP contribution < -0.4 is 5.73 Å². The molecule has 0 aromatic heterocycles. The summed E-state index contributed by atoms with van der Waals surface area (Å²) in [7, 11) is 1.88. The molecule has 18 heavy (non-hydrogen) atoms. The number of carbonyl (C=O) groups is 1. The second kappa shape index (κ2) is 8.48. The molecule has 1 saturated heterocycles. The zero-order valence-electron chi connectivity index (χ0n) is 12.0. The summed E-state index contributed by atoms with van der Waals surface area (Å²) in [5.74, 6) is 0.250. The number of hydrogen-bond acceptors (Lipinski definition) is 3. The summed E-state index contributed by atoms with van der Waals surface area (Å²) in [5, 5.41) is 0. The largest absolute Gasteiger partial charge is 0.346 e. The molecule has 1 atom stereocenters. The highest BCUT2D eigenvalue weighted by atomic mass is 16.2. The van der Waals surface area contributed by atoms with E-state index in [1.807, 2.05) is 11.9 Å². The predicted octanol–water partition coefficient (Wildman–Crippen LogP) is 1.45. The first-order valence-electron chi connectivity index (χ1n) is 7.33. The number of rotatable bonds is 6. The highest BCUT2D eigenvalue weighted by Gasteiger charge is 2.18. The van der Waals surface area contributed by atoms with Crippen molar-refractivity contribution >= 4 is 5.91 Å². The molecule has 1 fully saturated rings. The normalized spacial score (nSPS) is 21.6. The first-order chi connectivity index (χ1) is 8.65. The lowest BCUT2D eigenvalue weighted by Crippen LogP contribution is -2.37. The van der Waals surface area contributed by atoms with Crippen LogP contribution in [0.15, 0.2) is 0 Å². The van der Waals surface area contributed by atoms with E-state index in [2.05, 4.69) is 11.8 Å². The molecule has 4 heteroatoms. The second-order valence-electron chi connectivity index (χ2n) is 5.44. The Morgan fingerprint density at radius 3 is 2.89 bits per heavy atom. The van der Waals surface area contributed by atoms with Crippen molar-refractivity contribution in [3.8, 4) is 0 Å². The summed E-state index contributed by atoms with van der Waals surface area (Å²) in [6.07, 6.45) is 6.76. The average molecular weight is 255 g/mol. The lowest BCUT2D eigenvalue weighted by atomic mass is 10.1. The van der Waals surface area contributed by atoms with Gasteiger partial charge in [-0.1, -0.05) is 12.8 Å². The third-order valence-corrected chi connectivity index (χ3v) is 3.93. The summed E-state index contributed by atoms with van der Waals surface area (Å²) >= 11 is 0. The maximum atomic E-state index is 11.9. The Bertz CT molecular complexity index is 245. The molecule has 1 amide bonds. The molecule has 0 radical (unpaired) electrons. The van der Waals surface area contributed by atoms with Crippen LogP contribution in [0.2, 0.25) is 0 Å².